The average molecular weight is 271 g/mol. The highest BCUT2D eigenvalue weighted by Gasteiger charge is 2.22. The highest BCUT2D eigenvalue weighted by atomic mass is 16.3. The summed E-state index contributed by atoms with van der Waals surface area (Å²) in [6.07, 6.45) is 15.1. The number of unbranched alkanes of at least 4 members (excludes halogenated alkanes) is 9. The van der Waals surface area contributed by atoms with E-state index in [1.165, 1.54) is 70.6 Å². The lowest BCUT2D eigenvalue weighted by Gasteiger charge is -2.29. The third-order valence-corrected chi connectivity index (χ3v) is 4.35. The highest BCUT2D eigenvalue weighted by Crippen LogP contribution is 2.29. The maximum atomic E-state index is 9.41. The van der Waals surface area contributed by atoms with E-state index in [4.69, 9.17) is 0 Å². The summed E-state index contributed by atoms with van der Waals surface area (Å²) in [5.41, 5.74) is 0.258. The Kier molecular flexibility index (Phi) is 11.7. The number of hydrogen-bond donors (Lipinski definition) is 1. The predicted molar refractivity (Wildman–Crippen MR) is 86.5 cm³/mol. The molecule has 1 unspecified atom stereocenters. The molecule has 0 aromatic carbocycles. The Morgan fingerprint density at radius 3 is 1.53 bits per heavy atom. The SMILES string of the molecule is CCCCCCCCCCCCC(CO)C(C)(C)C. The van der Waals surface area contributed by atoms with Crippen LogP contribution in [0.2, 0.25) is 0 Å². The molecule has 0 rings (SSSR count). The van der Waals surface area contributed by atoms with Crippen molar-refractivity contribution in [3.63, 3.8) is 0 Å². The minimum Gasteiger partial charge on any atom is -0.396 e. The molecule has 0 fully saturated rings. The Bertz CT molecular complexity index is 181. The molecular weight excluding hydrogens is 232 g/mol. The van der Waals surface area contributed by atoms with Gasteiger partial charge in [0.2, 0.25) is 0 Å². The van der Waals surface area contributed by atoms with Crippen molar-refractivity contribution in [2.45, 2.75) is 98.3 Å². The van der Waals surface area contributed by atoms with Gasteiger partial charge in [0.15, 0.2) is 0 Å². The van der Waals surface area contributed by atoms with Crippen molar-refractivity contribution < 1.29 is 5.11 Å². The van der Waals surface area contributed by atoms with Crippen LogP contribution in [0.1, 0.15) is 98.3 Å². The summed E-state index contributed by atoms with van der Waals surface area (Å²) in [5.74, 6) is 0.474. The summed E-state index contributed by atoms with van der Waals surface area (Å²) >= 11 is 0. The number of aliphatic hydroxyl groups excluding tert-OH is 1. The Hall–Kier alpha value is -0.0400. The molecule has 1 atom stereocenters. The fourth-order valence-corrected chi connectivity index (χ4v) is 2.68. The molecule has 0 aromatic heterocycles. The summed E-state index contributed by atoms with van der Waals surface area (Å²) in [7, 11) is 0. The fourth-order valence-electron chi connectivity index (χ4n) is 2.68. The van der Waals surface area contributed by atoms with Gasteiger partial charge < -0.3 is 5.11 Å². The van der Waals surface area contributed by atoms with Gasteiger partial charge in [0.25, 0.3) is 0 Å². The van der Waals surface area contributed by atoms with Crippen molar-refractivity contribution in [2.24, 2.45) is 11.3 Å². The zero-order valence-corrected chi connectivity index (χ0v) is 14.0. The van der Waals surface area contributed by atoms with Crippen LogP contribution in [0.4, 0.5) is 0 Å². The average Bonchev–Trinajstić information content (AvgIpc) is 2.34. The van der Waals surface area contributed by atoms with Crippen LogP contribution in [0.15, 0.2) is 0 Å². The van der Waals surface area contributed by atoms with E-state index in [2.05, 4.69) is 27.7 Å². The van der Waals surface area contributed by atoms with Crippen LogP contribution in [-0.2, 0) is 0 Å². The van der Waals surface area contributed by atoms with Gasteiger partial charge in [-0.05, 0) is 17.8 Å². The fraction of sp³-hybridized carbons (Fsp3) is 1.00. The van der Waals surface area contributed by atoms with Gasteiger partial charge in [-0.3, -0.25) is 0 Å². The van der Waals surface area contributed by atoms with Crippen LogP contribution in [0, 0.1) is 11.3 Å². The van der Waals surface area contributed by atoms with Gasteiger partial charge in [-0.1, -0.05) is 91.9 Å². The molecule has 0 saturated heterocycles. The van der Waals surface area contributed by atoms with Gasteiger partial charge >= 0.3 is 0 Å². The first-order valence-electron chi connectivity index (χ1n) is 8.63. The van der Waals surface area contributed by atoms with Crippen molar-refractivity contribution >= 4 is 0 Å². The number of hydrogen-bond acceptors (Lipinski definition) is 1. The molecule has 19 heavy (non-hydrogen) atoms. The summed E-state index contributed by atoms with van der Waals surface area (Å²) in [6.45, 7) is 9.34. The maximum absolute atomic E-state index is 9.41. The van der Waals surface area contributed by atoms with Gasteiger partial charge in [-0.15, -0.1) is 0 Å². The first-order valence-corrected chi connectivity index (χ1v) is 8.63. The second-order valence-corrected chi connectivity index (χ2v) is 7.22. The smallest absolute Gasteiger partial charge is 0.0464 e. The van der Waals surface area contributed by atoms with Crippen LogP contribution in [-0.4, -0.2) is 11.7 Å². The van der Waals surface area contributed by atoms with E-state index in [0.29, 0.717) is 12.5 Å². The maximum Gasteiger partial charge on any atom is 0.0464 e. The third-order valence-electron chi connectivity index (χ3n) is 4.35. The van der Waals surface area contributed by atoms with Gasteiger partial charge in [0.1, 0.15) is 0 Å². The minimum atomic E-state index is 0.258. The molecule has 0 aliphatic heterocycles. The standard InChI is InChI=1S/C18H38O/c1-5-6-7-8-9-10-11-12-13-14-15-17(16-19)18(2,3)4/h17,19H,5-16H2,1-4H3. The third kappa shape index (κ3) is 11.5. The van der Waals surface area contributed by atoms with Crippen molar-refractivity contribution in [1.29, 1.82) is 0 Å². The predicted octanol–water partition coefficient (Wildman–Crippen LogP) is 5.95. The molecule has 0 heterocycles. The minimum absolute atomic E-state index is 0.258. The topological polar surface area (TPSA) is 20.2 Å². The Morgan fingerprint density at radius 2 is 1.16 bits per heavy atom. The van der Waals surface area contributed by atoms with Crippen LogP contribution in [0.25, 0.3) is 0 Å². The lowest BCUT2D eigenvalue weighted by molar-refractivity contribution is 0.120. The molecule has 1 nitrogen and oxygen atoms in total. The summed E-state index contributed by atoms with van der Waals surface area (Å²) in [4.78, 5) is 0. The highest BCUT2D eigenvalue weighted by molar-refractivity contribution is 4.73. The Labute approximate surface area is 122 Å². The second kappa shape index (κ2) is 11.8. The Morgan fingerprint density at radius 1 is 0.737 bits per heavy atom. The van der Waals surface area contributed by atoms with Gasteiger partial charge in [-0.2, -0.15) is 0 Å². The van der Waals surface area contributed by atoms with E-state index in [1.807, 2.05) is 0 Å². The van der Waals surface area contributed by atoms with Crippen LogP contribution in [0.5, 0.6) is 0 Å². The van der Waals surface area contributed by atoms with E-state index < -0.39 is 0 Å². The zero-order chi connectivity index (χ0) is 14.6. The molecule has 0 aromatic rings. The van der Waals surface area contributed by atoms with Crippen molar-refractivity contribution in [1.82, 2.24) is 0 Å². The zero-order valence-electron chi connectivity index (χ0n) is 14.0. The molecule has 0 aliphatic carbocycles. The first-order chi connectivity index (χ1) is 9.02. The normalized spacial score (nSPS) is 13.7. The molecule has 116 valence electrons. The molecule has 0 radical (unpaired) electrons. The Balaban J connectivity index is 3.31. The molecule has 0 amide bonds. The lowest BCUT2D eigenvalue weighted by atomic mass is 9.78. The van der Waals surface area contributed by atoms with Gasteiger partial charge in [-0.25, -0.2) is 0 Å². The van der Waals surface area contributed by atoms with Crippen LogP contribution in [0.3, 0.4) is 0 Å². The quantitative estimate of drug-likeness (QED) is 0.434. The van der Waals surface area contributed by atoms with E-state index in [1.54, 1.807) is 0 Å². The van der Waals surface area contributed by atoms with Crippen molar-refractivity contribution in [3.8, 4) is 0 Å². The molecule has 0 saturated carbocycles. The molecule has 0 spiro atoms. The van der Waals surface area contributed by atoms with E-state index >= 15 is 0 Å². The second-order valence-electron chi connectivity index (χ2n) is 7.22. The monoisotopic (exact) mass is 270 g/mol. The molecule has 1 N–H and O–H groups in total. The molecule has 0 aliphatic rings. The van der Waals surface area contributed by atoms with Gasteiger partial charge in [0, 0.05) is 6.61 Å². The van der Waals surface area contributed by atoms with Crippen molar-refractivity contribution in [3.05, 3.63) is 0 Å². The van der Waals surface area contributed by atoms with E-state index in [0.717, 1.165) is 0 Å². The largest absolute Gasteiger partial charge is 0.396 e. The molecule has 1 heteroatoms. The number of rotatable bonds is 12. The van der Waals surface area contributed by atoms with Crippen LogP contribution < -0.4 is 0 Å². The van der Waals surface area contributed by atoms with Crippen molar-refractivity contribution in [2.75, 3.05) is 6.61 Å². The lowest BCUT2D eigenvalue weighted by Crippen LogP contribution is -2.23. The van der Waals surface area contributed by atoms with Gasteiger partial charge in [0.05, 0.1) is 0 Å². The summed E-state index contributed by atoms with van der Waals surface area (Å²) in [5, 5.41) is 9.41. The number of aliphatic hydroxyl groups is 1. The van der Waals surface area contributed by atoms with E-state index in [-0.39, 0.29) is 5.41 Å². The summed E-state index contributed by atoms with van der Waals surface area (Å²) in [6, 6.07) is 0. The molecular formula is C18H38O. The van der Waals surface area contributed by atoms with E-state index in [9.17, 15) is 5.11 Å². The first kappa shape index (κ1) is 19.0. The molecule has 0 bridgehead atoms. The summed E-state index contributed by atoms with van der Waals surface area (Å²) < 4.78 is 0. The van der Waals surface area contributed by atoms with Crippen LogP contribution >= 0.6 is 0 Å².